The zero-order valence-corrected chi connectivity index (χ0v) is 7.08. The van der Waals surface area contributed by atoms with Gasteiger partial charge in [0.1, 0.15) is 0 Å². The van der Waals surface area contributed by atoms with E-state index in [4.69, 9.17) is 0 Å². The molecule has 0 saturated heterocycles. The molecule has 0 spiro atoms. The molecule has 11 heavy (non-hydrogen) atoms. The molecule has 0 atom stereocenters. The Morgan fingerprint density at radius 2 is 1.73 bits per heavy atom. The molecule has 0 bridgehead atoms. The van der Waals surface area contributed by atoms with Gasteiger partial charge in [-0.3, -0.25) is 0 Å². The van der Waals surface area contributed by atoms with Crippen LogP contribution in [-0.4, -0.2) is 0 Å². The number of allylic oxidation sites excluding steroid dienone is 1. The third-order valence-corrected chi connectivity index (χ3v) is 1.61. The Balaban J connectivity index is 2.97. The first-order chi connectivity index (χ1) is 5.27. The normalized spacial score (nSPS) is 9.73. The molecule has 0 heterocycles. The Kier molecular flexibility index (Phi) is 7.42. The second-order valence-electron chi connectivity index (χ2n) is 2.70. The van der Waals surface area contributed by atoms with E-state index in [2.05, 4.69) is 6.92 Å². The van der Waals surface area contributed by atoms with Gasteiger partial charge in [0.2, 0.25) is 0 Å². The van der Waals surface area contributed by atoms with Crippen LogP contribution in [0.5, 0.6) is 0 Å². The predicted octanol–water partition coefficient (Wildman–Crippen LogP) is 4.13. The molecular weight excluding hydrogens is 146 g/mol. The molecule has 0 saturated carbocycles. The van der Waals surface area contributed by atoms with Gasteiger partial charge in [-0.05, 0) is 18.9 Å². The van der Waals surface area contributed by atoms with Crippen molar-refractivity contribution in [1.82, 2.24) is 0 Å². The van der Waals surface area contributed by atoms with Gasteiger partial charge in [0.05, 0.1) is 0 Å². The summed E-state index contributed by atoms with van der Waals surface area (Å²) in [4.78, 5) is 0. The summed E-state index contributed by atoms with van der Waals surface area (Å²) < 4.78 is 22.9. The Hall–Kier alpha value is -0.400. The fraction of sp³-hybridized carbons (Fsp3) is 0.778. The molecule has 0 aliphatic carbocycles. The standard InChI is InChI=1S/C9H16F2/c1-2-3-4-5-6-7-8-9(10)11/h8H,2-7H2,1H3. The number of halogens is 2. The molecule has 0 aliphatic heterocycles. The van der Waals surface area contributed by atoms with E-state index in [1.54, 1.807) is 0 Å². The lowest BCUT2D eigenvalue weighted by Crippen LogP contribution is -1.75. The Morgan fingerprint density at radius 1 is 1.09 bits per heavy atom. The third-order valence-electron chi connectivity index (χ3n) is 1.61. The minimum atomic E-state index is -1.54. The fourth-order valence-electron chi connectivity index (χ4n) is 0.959. The molecule has 0 N–H and O–H groups in total. The van der Waals surface area contributed by atoms with E-state index in [1.165, 1.54) is 19.3 Å². The topological polar surface area (TPSA) is 0 Å². The first-order valence-corrected chi connectivity index (χ1v) is 4.28. The van der Waals surface area contributed by atoms with Gasteiger partial charge in [0, 0.05) is 0 Å². The van der Waals surface area contributed by atoms with Crippen LogP contribution in [0.3, 0.4) is 0 Å². The van der Waals surface area contributed by atoms with Crippen LogP contribution in [-0.2, 0) is 0 Å². The minimum Gasteiger partial charge on any atom is -0.174 e. The van der Waals surface area contributed by atoms with Crippen molar-refractivity contribution < 1.29 is 8.78 Å². The van der Waals surface area contributed by atoms with Crippen molar-refractivity contribution in [2.45, 2.75) is 45.4 Å². The molecule has 66 valence electrons. The minimum absolute atomic E-state index is 0.534. The molecule has 0 rings (SSSR count). The highest BCUT2D eigenvalue weighted by Gasteiger charge is 1.89. The number of unbranched alkanes of at least 4 members (excludes halogenated alkanes) is 5. The van der Waals surface area contributed by atoms with Crippen LogP contribution in [0.4, 0.5) is 8.78 Å². The van der Waals surface area contributed by atoms with E-state index in [1.807, 2.05) is 0 Å². The van der Waals surface area contributed by atoms with Gasteiger partial charge >= 0.3 is 0 Å². The first kappa shape index (κ1) is 10.6. The average molecular weight is 162 g/mol. The van der Waals surface area contributed by atoms with Gasteiger partial charge < -0.3 is 0 Å². The lowest BCUT2D eigenvalue weighted by Gasteiger charge is -1.95. The van der Waals surface area contributed by atoms with Gasteiger partial charge in [-0.25, -0.2) is 0 Å². The zero-order chi connectivity index (χ0) is 8.53. The highest BCUT2D eigenvalue weighted by Crippen LogP contribution is 2.07. The van der Waals surface area contributed by atoms with E-state index >= 15 is 0 Å². The molecule has 0 radical (unpaired) electrons. The molecular formula is C9H16F2. The van der Waals surface area contributed by atoms with Gasteiger partial charge in [-0.15, -0.1) is 0 Å². The summed E-state index contributed by atoms with van der Waals surface area (Å²) in [6.07, 6.45) is 5.58. The fourth-order valence-corrected chi connectivity index (χ4v) is 0.959. The summed E-state index contributed by atoms with van der Waals surface area (Å²) in [6.45, 7) is 2.14. The highest BCUT2D eigenvalue weighted by atomic mass is 19.3. The SMILES string of the molecule is CCCCCCCC=C(F)F. The molecule has 0 aromatic rings. The smallest absolute Gasteiger partial charge is 0.174 e. The molecule has 2 heteroatoms. The summed E-state index contributed by atoms with van der Waals surface area (Å²) in [5.41, 5.74) is 0. The number of hydrogen-bond donors (Lipinski definition) is 0. The number of rotatable bonds is 6. The van der Waals surface area contributed by atoms with Crippen molar-refractivity contribution in [2.75, 3.05) is 0 Å². The summed E-state index contributed by atoms with van der Waals surface area (Å²) in [5.74, 6) is 0. The van der Waals surface area contributed by atoms with Crippen LogP contribution in [0.15, 0.2) is 12.2 Å². The second-order valence-corrected chi connectivity index (χ2v) is 2.70. The Morgan fingerprint density at radius 3 is 2.27 bits per heavy atom. The van der Waals surface area contributed by atoms with Gasteiger partial charge in [0.15, 0.2) is 0 Å². The van der Waals surface area contributed by atoms with E-state index in [0.29, 0.717) is 6.42 Å². The predicted molar refractivity (Wildman–Crippen MR) is 43.7 cm³/mol. The third kappa shape index (κ3) is 9.60. The van der Waals surface area contributed by atoms with E-state index < -0.39 is 6.08 Å². The van der Waals surface area contributed by atoms with Crippen LogP contribution in [0.25, 0.3) is 0 Å². The summed E-state index contributed by atoms with van der Waals surface area (Å²) >= 11 is 0. The summed E-state index contributed by atoms with van der Waals surface area (Å²) in [6, 6.07) is 0. The van der Waals surface area contributed by atoms with Crippen LogP contribution in [0, 0.1) is 0 Å². The van der Waals surface area contributed by atoms with Crippen LogP contribution in [0.2, 0.25) is 0 Å². The quantitative estimate of drug-likeness (QED) is 0.515. The lowest BCUT2D eigenvalue weighted by molar-refractivity contribution is 0.416. The molecule has 0 amide bonds. The summed E-state index contributed by atoms with van der Waals surface area (Å²) in [7, 11) is 0. The largest absolute Gasteiger partial charge is 0.266 e. The van der Waals surface area contributed by atoms with E-state index in [9.17, 15) is 8.78 Å². The van der Waals surface area contributed by atoms with Gasteiger partial charge in [-0.2, -0.15) is 8.78 Å². The van der Waals surface area contributed by atoms with Crippen LogP contribution in [0.1, 0.15) is 45.4 Å². The Bertz CT molecular complexity index is 104. The van der Waals surface area contributed by atoms with Crippen molar-refractivity contribution in [3.05, 3.63) is 12.2 Å². The van der Waals surface area contributed by atoms with Gasteiger partial charge in [-0.1, -0.05) is 32.6 Å². The van der Waals surface area contributed by atoms with Crippen molar-refractivity contribution >= 4 is 0 Å². The highest BCUT2D eigenvalue weighted by molar-refractivity contribution is 4.79. The first-order valence-electron chi connectivity index (χ1n) is 4.28. The van der Waals surface area contributed by atoms with E-state index in [-0.39, 0.29) is 0 Å². The molecule has 0 nitrogen and oxygen atoms in total. The maximum Gasteiger partial charge on any atom is 0.266 e. The second kappa shape index (κ2) is 7.70. The lowest BCUT2D eigenvalue weighted by atomic mass is 10.1. The van der Waals surface area contributed by atoms with Gasteiger partial charge in [0.25, 0.3) is 6.08 Å². The maximum atomic E-state index is 11.5. The number of hydrogen-bond acceptors (Lipinski definition) is 0. The van der Waals surface area contributed by atoms with E-state index in [0.717, 1.165) is 18.9 Å². The summed E-state index contributed by atoms with van der Waals surface area (Å²) in [5, 5.41) is 0. The molecule has 0 fully saturated rings. The van der Waals surface area contributed by atoms with Crippen LogP contribution >= 0.6 is 0 Å². The van der Waals surface area contributed by atoms with Crippen molar-refractivity contribution in [2.24, 2.45) is 0 Å². The monoisotopic (exact) mass is 162 g/mol. The van der Waals surface area contributed by atoms with Crippen molar-refractivity contribution in [3.63, 3.8) is 0 Å². The van der Waals surface area contributed by atoms with Crippen molar-refractivity contribution in [1.29, 1.82) is 0 Å². The molecule has 0 aromatic heterocycles. The zero-order valence-electron chi connectivity index (χ0n) is 7.08. The maximum absolute atomic E-state index is 11.5. The van der Waals surface area contributed by atoms with Crippen LogP contribution < -0.4 is 0 Å². The Labute approximate surface area is 67.3 Å². The molecule has 0 unspecified atom stereocenters. The van der Waals surface area contributed by atoms with Crippen molar-refractivity contribution in [3.8, 4) is 0 Å². The average Bonchev–Trinajstić information content (AvgIpc) is 1.96. The molecule has 0 aromatic carbocycles. The molecule has 0 aliphatic rings.